The topological polar surface area (TPSA) is 90.4 Å². The summed E-state index contributed by atoms with van der Waals surface area (Å²) >= 11 is 0. The Morgan fingerprint density at radius 3 is 2.90 bits per heavy atom. The van der Waals surface area contributed by atoms with Gasteiger partial charge in [-0.15, -0.1) is 0 Å². The van der Waals surface area contributed by atoms with Gasteiger partial charge in [0.15, 0.2) is 12.4 Å². The normalized spacial score (nSPS) is 30.2. The Morgan fingerprint density at radius 2 is 2.35 bits per heavy atom. The van der Waals surface area contributed by atoms with Crippen molar-refractivity contribution in [3.05, 3.63) is 28.3 Å². The molecule has 20 heavy (non-hydrogen) atoms. The third kappa shape index (κ3) is 2.46. The summed E-state index contributed by atoms with van der Waals surface area (Å²) < 4.78 is 20.7. The predicted molar refractivity (Wildman–Crippen MR) is 72.7 cm³/mol. The Labute approximate surface area is 115 Å². The van der Waals surface area contributed by atoms with Gasteiger partial charge in [-0.2, -0.15) is 4.98 Å². The molecule has 0 bridgehead atoms. The highest BCUT2D eigenvalue weighted by Gasteiger charge is 2.43. The number of aromatic nitrogens is 2. The van der Waals surface area contributed by atoms with Gasteiger partial charge in [0.1, 0.15) is 5.82 Å². The summed E-state index contributed by atoms with van der Waals surface area (Å²) in [5, 5.41) is 9.15. The maximum atomic E-state index is 14.2. The molecule has 0 radical (unpaired) electrons. The molecule has 0 amide bonds. The first-order valence-corrected chi connectivity index (χ1v) is 6.41. The summed E-state index contributed by atoms with van der Waals surface area (Å²) in [4.78, 5) is 15.5. The highest BCUT2D eigenvalue weighted by Crippen LogP contribution is 2.35. The molecule has 0 spiro atoms. The number of ether oxygens (including phenoxy) is 1. The number of alkyl halides is 1. The lowest BCUT2D eigenvalue weighted by Crippen LogP contribution is -2.32. The van der Waals surface area contributed by atoms with Gasteiger partial charge in [-0.3, -0.25) is 4.57 Å². The van der Waals surface area contributed by atoms with Gasteiger partial charge >= 0.3 is 5.69 Å². The largest absolute Gasteiger partial charge is 0.394 e. The first-order chi connectivity index (χ1) is 9.49. The third-order valence-corrected chi connectivity index (χ3v) is 3.49. The van der Waals surface area contributed by atoms with Crippen LogP contribution in [0.3, 0.4) is 0 Å². The van der Waals surface area contributed by atoms with Gasteiger partial charge in [0, 0.05) is 17.7 Å². The van der Waals surface area contributed by atoms with Crippen molar-refractivity contribution in [3.63, 3.8) is 0 Å². The second-order valence-electron chi connectivity index (χ2n) is 4.82. The van der Waals surface area contributed by atoms with Crippen LogP contribution in [0.1, 0.15) is 25.6 Å². The Bertz CT molecular complexity index is 572. The lowest BCUT2D eigenvalue weighted by Gasteiger charge is -2.17. The Morgan fingerprint density at radius 1 is 1.65 bits per heavy atom. The molecule has 0 aromatic carbocycles. The van der Waals surface area contributed by atoms with E-state index in [1.54, 1.807) is 26.0 Å². The van der Waals surface area contributed by atoms with Crippen molar-refractivity contribution in [2.75, 3.05) is 12.3 Å². The van der Waals surface area contributed by atoms with E-state index >= 15 is 0 Å². The summed E-state index contributed by atoms with van der Waals surface area (Å²) in [6, 6.07) is 0. The van der Waals surface area contributed by atoms with Gasteiger partial charge in [-0.25, -0.2) is 9.18 Å². The van der Waals surface area contributed by atoms with Gasteiger partial charge in [-0.05, 0) is 6.92 Å². The monoisotopic (exact) mass is 283 g/mol. The second-order valence-corrected chi connectivity index (χ2v) is 4.82. The third-order valence-electron chi connectivity index (χ3n) is 3.49. The van der Waals surface area contributed by atoms with Crippen LogP contribution in [0.15, 0.2) is 17.1 Å². The zero-order valence-corrected chi connectivity index (χ0v) is 11.4. The maximum Gasteiger partial charge on any atom is 0.351 e. The smallest absolute Gasteiger partial charge is 0.351 e. The molecule has 4 unspecified atom stereocenters. The maximum absolute atomic E-state index is 14.2. The molecule has 1 fully saturated rings. The molecule has 7 heteroatoms. The molecular formula is C13H18FN3O3. The number of nitrogens with two attached hydrogens (primary N) is 1. The highest BCUT2D eigenvalue weighted by molar-refractivity contribution is 5.59. The van der Waals surface area contributed by atoms with Gasteiger partial charge < -0.3 is 15.6 Å². The van der Waals surface area contributed by atoms with Crippen LogP contribution < -0.4 is 11.4 Å². The van der Waals surface area contributed by atoms with E-state index in [1.165, 1.54) is 6.20 Å². The number of hydrogen-bond donors (Lipinski definition) is 2. The number of halogens is 1. The molecule has 1 aliphatic rings. The van der Waals surface area contributed by atoms with Gasteiger partial charge in [0.2, 0.25) is 0 Å². The molecule has 1 saturated heterocycles. The number of aliphatic hydroxyl groups excluding tert-OH is 1. The van der Waals surface area contributed by atoms with Crippen molar-refractivity contribution in [2.45, 2.75) is 32.4 Å². The van der Waals surface area contributed by atoms with E-state index in [9.17, 15) is 9.18 Å². The van der Waals surface area contributed by atoms with E-state index in [1.807, 2.05) is 0 Å². The minimum atomic E-state index is -1.39. The number of hydrogen-bond acceptors (Lipinski definition) is 5. The summed E-state index contributed by atoms with van der Waals surface area (Å²) in [5.41, 5.74) is 5.48. The van der Waals surface area contributed by atoms with Crippen LogP contribution in [0.25, 0.3) is 6.08 Å². The van der Waals surface area contributed by atoms with Crippen molar-refractivity contribution < 1.29 is 14.2 Å². The lowest BCUT2D eigenvalue weighted by atomic mass is 10.0. The van der Waals surface area contributed by atoms with Crippen LogP contribution in [0.5, 0.6) is 0 Å². The van der Waals surface area contributed by atoms with E-state index in [0.29, 0.717) is 5.56 Å². The molecule has 0 saturated carbocycles. The summed E-state index contributed by atoms with van der Waals surface area (Å²) in [5.74, 6) is -0.413. The lowest BCUT2D eigenvalue weighted by molar-refractivity contribution is -0.0418. The van der Waals surface area contributed by atoms with Crippen molar-refractivity contribution in [3.8, 4) is 0 Å². The minimum absolute atomic E-state index is 0.0875. The average Bonchev–Trinajstić information content (AvgIpc) is 2.70. The Kier molecular flexibility index (Phi) is 4.20. The molecule has 6 nitrogen and oxygen atoms in total. The molecule has 4 atom stereocenters. The molecule has 1 aliphatic heterocycles. The van der Waals surface area contributed by atoms with E-state index in [0.717, 1.165) is 4.57 Å². The summed E-state index contributed by atoms with van der Waals surface area (Å²) in [6.07, 6.45) is 1.72. The summed E-state index contributed by atoms with van der Waals surface area (Å²) in [7, 11) is 0. The predicted octanol–water partition coefficient (Wildman–Crippen LogP) is 0.723. The standard InChI is InChI=1S/C13H18FN3O3/c1-3-4-8-5-17(13(19)16-11(8)15)12-10(14)7(2)9(6-18)20-12/h3-5,7,9-10,12,18H,6H2,1-2H3,(H2,15,16,19)/b4-3-. The molecule has 110 valence electrons. The molecule has 2 heterocycles. The first kappa shape index (κ1) is 14.7. The van der Waals surface area contributed by atoms with E-state index < -0.39 is 30.1 Å². The summed E-state index contributed by atoms with van der Waals surface area (Å²) in [6.45, 7) is 3.13. The van der Waals surface area contributed by atoms with E-state index in [2.05, 4.69) is 4.98 Å². The zero-order valence-electron chi connectivity index (χ0n) is 11.4. The molecular weight excluding hydrogens is 265 g/mol. The number of nitrogen functional groups attached to an aromatic ring is 1. The molecule has 1 aromatic heterocycles. The molecule has 2 rings (SSSR count). The van der Waals surface area contributed by atoms with Crippen LogP contribution in [0.2, 0.25) is 0 Å². The minimum Gasteiger partial charge on any atom is -0.394 e. The fourth-order valence-corrected chi connectivity index (χ4v) is 2.26. The molecule has 3 N–H and O–H groups in total. The van der Waals surface area contributed by atoms with E-state index in [-0.39, 0.29) is 12.4 Å². The van der Waals surface area contributed by atoms with Crippen LogP contribution in [-0.2, 0) is 4.74 Å². The van der Waals surface area contributed by atoms with Crippen LogP contribution in [0, 0.1) is 5.92 Å². The van der Waals surface area contributed by atoms with Gasteiger partial charge in [-0.1, -0.05) is 19.1 Å². The fraction of sp³-hybridized carbons (Fsp3) is 0.538. The number of allylic oxidation sites excluding steroid dienone is 1. The van der Waals surface area contributed by atoms with Crippen molar-refractivity contribution in [2.24, 2.45) is 5.92 Å². The van der Waals surface area contributed by atoms with E-state index in [4.69, 9.17) is 15.6 Å². The molecule has 1 aromatic rings. The van der Waals surface area contributed by atoms with Crippen molar-refractivity contribution in [1.82, 2.24) is 9.55 Å². The van der Waals surface area contributed by atoms with Gasteiger partial charge in [0.05, 0.1) is 12.7 Å². The van der Waals surface area contributed by atoms with Crippen LogP contribution in [0.4, 0.5) is 10.2 Å². The second kappa shape index (κ2) is 5.72. The number of nitrogens with zero attached hydrogens (tertiary/aromatic N) is 2. The fourth-order valence-electron chi connectivity index (χ4n) is 2.26. The van der Waals surface area contributed by atoms with Crippen LogP contribution >= 0.6 is 0 Å². The quantitative estimate of drug-likeness (QED) is 0.853. The van der Waals surface area contributed by atoms with Crippen molar-refractivity contribution in [1.29, 1.82) is 0 Å². The number of rotatable bonds is 3. The number of anilines is 1. The average molecular weight is 283 g/mol. The SMILES string of the molecule is C/C=C\c1cn(C2OC(CO)C(C)C2F)c(=O)nc1N. The zero-order chi connectivity index (χ0) is 14.9. The Balaban J connectivity index is 2.43. The highest BCUT2D eigenvalue weighted by atomic mass is 19.1. The number of aliphatic hydroxyl groups is 1. The van der Waals surface area contributed by atoms with Crippen LogP contribution in [-0.4, -0.2) is 33.5 Å². The Hall–Kier alpha value is -1.73. The van der Waals surface area contributed by atoms with Crippen molar-refractivity contribution >= 4 is 11.9 Å². The molecule has 0 aliphatic carbocycles. The first-order valence-electron chi connectivity index (χ1n) is 6.41. The van der Waals surface area contributed by atoms with Gasteiger partial charge in [0.25, 0.3) is 0 Å².